The van der Waals surface area contributed by atoms with E-state index in [1.807, 2.05) is 4.90 Å². The van der Waals surface area contributed by atoms with Gasteiger partial charge in [0.05, 0.1) is 18.5 Å². The van der Waals surface area contributed by atoms with E-state index in [2.05, 4.69) is 35.3 Å². The normalized spacial score (nSPS) is 14.7. The van der Waals surface area contributed by atoms with E-state index >= 15 is 0 Å². The van der Waals surface area contributed by atoms with Crippen LogP contribution in [-0.4, -0.2) is 107 Å². The number of ether oxygens (including phenoxy) is 1. The topological polar surface area (TPSA) is 202 Å². The van der Waals surface area contributed by atoms with Crippen molar-refractivity contribution in [2.45, 2.75) is 33.9 Å². The molecule has 4 aromatic rings. The number of halogens is 2. The zero-order valence-electron chi connectivity index (χ0n) is 30.2. The summed E-state index contributed by atoms with van der Waals surface area (Å²) in [6.45, 7) is 12.1. The van der Waals surface area contributed by atoms with Gasteiger partial charge in [-0.05, 0) is 49.2 Å². The van der Waals surface area contributed by atoms with Gasteiger partial charge in [-0.2, -0.15) is 0 Å². The number of piperazine rings is 2. The van der Waals surface area contributed by atoms with Gasteiger partial charge in [-0.15, -0.1) is 0 Å². The largest absolute Gasteiger partial charge is 0.453 e. The Hall–Kier alpha value is -5.75. The molecule has 18 heteroatoms. The Labute approximate surface area is 305 Å². The van der Waals surface area contributed by atoms with Crippen molar-refractivity contribution in [1.82, 2.24) is 29.9 Å². The van der Waals surface area contributed by atoms with Crippen LogP contribution in [0, 0.1) is 25.5 Å². The average Bonchev–Trinajstić information content (AvgIpc) is 3.73. The smallest absolute Gasteiger partial charge is 0.409 e. The maximum atomic E-state index is 14.1. The van der Waals surface area contributed by atoms with Gasteiger partial charge in [-0.3, -0.25) is 19.9 Å². The molecular formula is C35H46F2N10O6. The van der Waals surface area contributed by atoms with Crippen molar-refractivity contribution in [3.05, 3.63) is 82.8 Å². The lowest BCUT2D eigenvalue weighted by Gasteiger charge is -2.34. The Morgan fingerprint density at radius 3 is 1.77 bits per heavy atom. The Morgan fingerprint density at radius 2 is 1.30 bits per heavy atom. The second-order valence-corrected chi connectivity index (χ2v) is 12.4. The molecule has 0 radical (unpaired) electrons. The SMILES string of the molecule is CC(=O)N1CCN(Cc2ccc(F)c(N)c2)CC1.COC(=O)N1CCN(Cc2ccc(F)c(NC(=O)Nc3cc(C)on3)c2)CC1.Cc1cc(N)no1. The molecule has 2 aromatic carbocycles. The fraction of sp³-hybridized carbons (Fsp3) is 0.400. The number of nitrogen functional groups attached to an aromatic ring is 2. The summed E-state index contributed by atoms with van der Waals surface area (Å²) in [5.41, 5.74) is 12.8. The fourth-order valence-corrected chi connectivity index (χ4v) is 5.49. The van der Waals surface area contributed by atoms with E-state index < -0.39 is 11.8 Å². The number of nitrogens with one attached hydrogen (secondary N) is 2. The third-order valence-corrected chi connectivity index (χ3v) is 8.29. The molecule has 4 amide bonds. The van der Waals surface area contributed by atoms with Crippen LogP contribution in [0.2, 0.25) is 0 Å². The summed E-state index contributed by atoms with van der Waals surface area (Å²) in [7, 11) is 1.36. The number of rotatable bonds is 6. The number of aromatic nitrogens is 2. The van der Waals surface area contributed by atoms with E-state index in [0.717, 1.165) is 49.6 Å². The van der Waals surface area contributed by atoms with Gasteiger partial charge in [0.1, 0.15) is 23.2 Å². The summed E-state index contributed by atoms with van der Waals surface area (Å²) in [4.78, 5) is 42.6. The predicted molar refractivity (Wildman–Crippen MR) is 194 cm³/mol. The highest BCUT2D eigenvalue weighted by molar-refractivity contribution is 5.99. The third kappa shape index (κ3) is 12.8. The molecule has 4 heterocycles. The maximum absolute atomic E-state index is 14.1. The van der Waals surface area contributed by atoms with Crippen LogP contribution in [-0.2, 0) is 22.6 Å². The second-order valence-electron chi connectivity index (χ2n) is 12.4. The molecule has 6 N–H and O–H groups in total. The van der Waals surface area contributed by atoms with Crippen LogP contribution in [0.4, 0.5) is 41.4 Å². The van der Waals surface area contributed by atoms with Crippen molar-refractivity contribution < 1.29 is 36.9 Å². The lowest BCUT2D eigenvalue weighted by molar-refractivity contribution is -0.130. The van der Waals surface area contributed by atoms with Crippen LogP contribution in [0.1, 0.15) is 29.6 Å². The van der Waals surface area contributed by atoms with Crippen molar-refractivity contribution in [2.75, 3.05) is 81.6 Å². The number of nitrogens with two attached hydrogens (primary N) is 2. The summed E-state index contributed by atoms with van der Waals surface area (Å²) in [6, 6.07) is 12.0. The molecular weight excluding hydrogens is 694 g/mol. The minimum Gasteiger partial charge on any atom is -0.453 e. The molecule has 6 rings (SSSR count). The standard InChI is InChI=1S/C18H22FN5O4.C13H18FN3O.C4H6N2O/c1-12-9-16(22-28-12)21-17(25)20-15-10-13(3-4-14(15)19)11-23-5-7-24(8-6-23)18(26)27-2;1-10(18)17-6-4-16(5-7-17)9-11-2-3-12(14)13(15)8-11;1-3-2-4(5)6-7-3/h3-4,9-10H,5-8,11H2,1-2H3,(H2,20,21,22,25);2-3,8H,4-7,9,15H2,1H3;2H,1H3,(H2,5,6). The molecule has 2 fully saturated rings. The van der Waals surface area contributed by atoms with Gasteiger partial charge < -0.3 is 40.4 Å². The highest BCUT2D eigenvalue weighted by Gasteiger charge is 2.22. The minimum atomic E-state index is -0.615. The van der Waals surface area contributed by atoms with E-state index in [1.54, 1.807) is 62.1 Å². The van der Waals surface area contributed by atoms with Crippen LogP contribution in [0.5, 0.6) is 0 Å². The molecule has 0 bridgehead atoms. The number of benzene rings is 2. The highest BCUT2D eigenvalue weighted by atomic mass is 19.1. The lowest BCUT2D eigenvalue weighted by atomic mass is 10.1. The molecule has 0 saturated carbocycles. The zero-order chi connectivity index (χ0) is 38.5. The maximum Gasteiger partial charge on any atom is 0.409 e. The zero-order valence-corrected chi connectivity index (χ0v) is 30.2. The van der Waals surface area contributed by atoms with E-state index in [4.69, 9.17) is 20.7 Å². The Morgan fingerprint density at radius 1 is 0.755 bits per heavy atom. The Kier molecular flexibility index (Phi) is 14.5. The van der Waals surface area contributed by atoms with Crippen LogP contribution >= 0.6 is 0 Å². The molecule has 0 aliphatic carbocycles. The first-order valence-electron chi connectivity index (χ1n) is 16.8. The van der Waals surface area contributed by atoms with Gasteiger partial charge in [0.25, 0.3) is 0 Å². The molecule has 2 aliphatic rings. The van der Waals surface area contributed by atoms with Crippen molar-refractivity contribution in [3.63, 3.8) is 0 Å². The Bertz CT molecular complexity index is 1800. The molecule has 286 valence electrons. The van der Waals surface area contributed by atoms with Crippen molar-refractivity contribution in [3.8, 4) is 0 Å². The van der Waals surface area contributed by atoms with E-state index in [-0.39, 0.29) is 35.0 Å². The first kappa shape index (κ1) is 40.0. The van der Waals surface area contributed by atoms with Gasteiger partial charge in [0.2, 0.25) is 5.91 Å². The van der Waals surface area contributed by atoms with Gasteiger partial charge in [0, 0.05) is 84.5 Å². The summed E-state index contributed by atoms with van der Waals surface area (Å²) in [6.07, 6.45) is -0.332. The summed E-state index contributed by atoms with van der Waals surface area (Å²) in [5.74, 6) is 1.20. The highest BCUT2D eigenvalue weighted by Crippen LogP contribution is 2.19. The lowest BCUT2D eigenvalue weighted by Crippen LogP contribution is -2.48. The van der Waals surface area contributed by atoms with Gasteiger partial charge in [-0.25, -0.2) is 18.4 Å². The Balaban J connectivity index is 0.000000212. The fourth-order valence-electron chi connectivity index (χ4n) is 5.49. The molecule has 2 aromatic heterocycles. The predicted octanol–water partition coefficient (Wildman–Crippen LogP) is 4.29. The monoisotopic (exact) mass is 740 g/mol. The van der Waals surface area contributed by atoms with E-state index in [0.29, 0.717) is 44.3 Å². The number of methoxy groups -OCH3 is 1. The van der Waals surface area contributed by atoms with Crippen LogP contribution < -0.4 is 22.1 Å². The third-order valence-electron chi connectivity index (χ3n) is 8.29. The summed E-state index contributed by atoms with van der Waals surface area (Å²) in [5, 5.41) is 12.0. The van der Waals surface area contributed by atoms with E-state index in [1.165, 1.54) is 19.2 Å². The van der Waals surface area contributed by atoms with Crippen molar-refractivity contribution in [1.29, 1.82) is 0 Å². The number of hydrogen-bond donors (Lipinski definition) is 4. The molecule has 0 atom stereocenters. The molecule has 16 nitrogen and oxygen atoms in total. The summed E-state index contributed by atoms with van der Waals surface area (Å²) < 4.78 is 41.3. The van der Waals surface area contributed by atoms with Gasteiger partial charge in [-0.1, -0.05) is 22.4 Å². The number of urea groups is 1. The van der Waals surface area contributed by atoms with Crippen LogP contribution in [0.25, 0.3) is 0 Å². The number of anilines is 4. The number of aryl methyl sites for hydroxylation is 2. The van der Waals surface area contributed by atoms with Crippen LogP contribution in [0.15, 0.2) is 57.6 Å². The summed E-state index contributed by atoms with van der Waals surface area (Å²) >= 11 is 0. The number of carbonyl (C=O) groups is 3. The van der Waals surface area contributed by atoms with Crippen molar-refractivity contribution in [2.24, 2.45) is 0 Å². The average molecular weight is 741 g/mol. The minimum absolute atomic E-state index is 0.0726. The van der Waals surface area contributed by atoms with E-state index in [9.17, 15) is 23.2 Å². The van der Waals surface area contributed by atoms with Crippen LogP contribution in [0.3, 0.4) is 0 Å². The molecule has 2 saturated heterocycles. The first-order chi connectivity index (χ1) is 25.3. The van der Waals surface area contributed by atoms with Crippen molar-refractivity contribution >= 4 is 41.0 Å². The van der Waals surface area contributed by atoms with Gasteiger partial charge in [0.15, 0.2) is 11.6 Å². The second kappa shape index (κ2) is 19.2. The van der Waals surface area contributed by atoms with Gasteiger partial charge >= 0.3 is 12.1 Å². The molecule has 0 spiro atoms. The molecule has 0 unspecified atom stereocenters. The number of amides is 4. The number of carbonyl (C=O) groups excluding carboxylic acids is 3. The molecule has 53 heavy (non-hydrogen) atoms. The molecule has 2 aliphatic heterocycles. The number of hydrogen-bond acceptors (Lipinski definition) is 12. The first-order valence-corrected chi connectivity index (χ1v) is 16.8. The number of nitrogens with zero attached hydrogens (tertiary/aromatic N) is 6. The quantitative estimate of drug-likeness (QED) is 0.205.